The number of aliphatic hydroxyl groups excluding tert-OH is 1. The number of hydrogen-bond acceptors (Lipinski definition) is 5. The Bertz CT molecular complexity index is 1200. The number of benzene rings is 2. The van der Waals surface area contributed by atoms with E-state index in [1.807, 2.05) is 61.3 Å². The van der Waals surface area contributed by atoms with E-state index in [0.717, 1.165) is 17.8 Å². The van der Waals surface area contributed by atoms with Crippen molar-refractivity contribution in [1.82, 2.24) is 24.2 Å². The molecule has 0 bridgehead atoms. The monoisotopic (exact) mass is 403 g/mol. The van der Waals surface area contributed by atoms with Gasteiger partial charge in [-0.05, 0) is 31.2 Å². The lowest BCUT2D eigenvalue weighted by atomic mass is 10.2. The molecule has 1 atom stereocenters. The van der Waals surface area contributed by atoms with E-state index < -0.39 is 6.10 Å². The van der Waals surface area contributed by atoms with E-state index in [9.17, 15) is 9.90 Å². The zero-order chi connectivity index (χ0) is 21.1. The third kappa shape index (κ3) is 4.17. The Morgan fingerprint density at radius 3 is 2.60 bits per heavy atom. The quantitative estimate of drug-likeness (QED) is 0.513. The lowest BCUT2D eigenvalue weighted by molar-refractivity contribution is 0.106. The van der Waals surface area contributed by atoms with Crippen molar-refractivity contribution in [2.24, 2.45) is 0 Å². The summed E-state index contributed by atoms with van der Waals surface area (Å²) in [5.74, 6) is 0. The van der Waals surface area contributed by atoms with E-state index in [4.69, 9.17) is 0 Å². The van der Waals surface area contributed by atoms with E-state index in [2.05, 4.69) is 22.2 Å². The summed E-state index contributed by atoms with van der Waals surface area (Å²) in [4.78, 5) is 19.4. The molecule has 2 aromatic heterocycles. The SMILES string of the molecule is Cc1ccccc1-n1ncc2c(=O)n(CC(O)CN(C)Cc3ccccc3)cnc21. The minimum atomic E-state index is -0.693. The van der Waals surface area contributed by atoms with Crippen LogP contribution in [0.5, 0.6) is 0 Å². The molecule has 0 spiro atoms. The second-order valence-corrected chi connectivity index (χ2v) is 7.62. The first-order chi connectivity index (χ1) is 14.5. The van der Waals surface area contributed by atoms with Gasteiger partial charge in [-0.2, -0.15) is 5.10 Å². The van der Waals surface area contributed by atoms with E-state index >= 15 is 0 Å². The Hall–Kier alpha value is -3.29. The van der Waals surface area contributed by atoms with Gasteiger partial charge in [0.25, 0.3) is 5.56 Å². The van der Waals surface area contributed by atoms with Crippen LogP contribution in [0.4, 0.5) is 0 Å². The zero-order valence-corrected chi connectivity index (χ0v) is 17.1. The third-order valence-electron chi connectivity index (χ3n) is 5.12. The smallest absolute Gasteiger partial charge is 0.264 e. The van der Waals surface area contributed by atoms with Gasteiger partial charge in [0.2, 0.25) is 0 Å². The van der Waals surface area contributed by atoms with Crippen LogP contribution in [0.2, 0.25) is 0 Å². The Labute approximate surface area is 174 Å². The minimum Gasteiger partial charge on any atom is -0.390 e. The predicted octanol–water partition coefficient (Wildman–Crippen LogP) is 2.38. The summed E-state index contributed by atoms with van der Waals surface area (Å²) in [6, 6.07) is 17.9. The zero-order valence-electron chi connectivity index (χ0n) is 17.1. The van der Waals surface area contributed by atoms with Crippen LogP contribution < -0.4 is 5.56 Å². The standard InChI is InChI=1S/C23H25N5O2/c1-17-8-6-7-11-21(17)28-22-20(12-25-28)23(30)27(16-24-22)15-19(29)14-26(2)13-18-9-4-3-5-10-18/h3-12,16,19,29H,13-15H2,1-2H3. The highest BCUT2D eigenvalue weighted by molar-refractivity contribution is 5.75. The van der Waals surface area contributed by atoms with Gasteiger partial charge in [-0.25, -0.2) is 9.67 Å². The number of aromatic nitrogens is 4. The summed E-state index contributed by atoms with van der Waals surface area (Å²) < 4.78 is 3.13. The molecule has 30 heavy (non-hydrogen) atoms. The number of para-hydroxylation sites is 1. The molecule has 0 aliphatic heterocycles. The molecule has 1 N–H and O–H groups in total. The van der Waals surface area contributed by atoms with Crippen molar-refractivity contribution in [2.45, 2.75) is 26.1 Å². The minimum absolute atomic E-state index is 0.177. The van der Waals surface area contributed by atoms with Crippen LogP contribution in [0.3, 0.4) is 0 Å². The average Bonchev–Trinajstić information content (AvgIpc) is 3.15. The van der Waals surface area contributed by atoms with Crippen LogP contribution in [-0.2, 0) is 13.1 Å². The van der Waals surface area contributed by atoms with Gasteiger partial charge in [-0.3, -0.25) is 14.3 Å². The molecule has 0 aliphatic carbocycles. The average molecular weight is 403 g/mol. The van der Waals surface area contributed by atoms with Crippen LogP contribution in [-0.4, -0.2) is 49.0 Å². The normalized spacial score (nSPS) is 12.5. The molecule has 0 amide bonds. The Morgan fingerprint density at radius 2 is 1.83 bits per heavy atom. The maximum atomic E-state index is 12.9. The lowest BCUT2D eigenvalue weighted by Crippen LogP contribution is -2.34. The van der Waals surface area contributed by atoms with Crippen LogP contribution in [0.1, 0.15) is 11.1 Å². The van der Waals surface area contributed by atoms with Gasteiger partial charge in [-0.1, -0.05) is 48.5 Å². The molecule has 7 heteroatoms. The fourth-order valence-electron chi connectivity index (χ4n) is 3.66. The first kappa shape index (κ1) is 20.0. The molecule has 0 radical (unpaired) electrons. The third-order valence-corrected chi connectivity index (χ3v) is 5.12. The molecule has 7 nitrogen and oxygen atoms in total. The molecule has 0 saturated heterocycles. The summed E-state index contributed by atoms with van der Waals surface area (Å²) in [7, 11) is 1.95. The molecule has 0 fully saturated rings. The molecule has 4 aromatic rings. The lowest BCUT2D eigenvalue weighted by Gasteiger charge is -2.21. The van der Waals surface area contributed by atoms with Gasteiger partial charge in [0, 0.05) is 13.1 Å². The maximum Gasteiger partial charge on any atom is 0.264 e. The van der Waals surface area contributed by atoms with Crippen molar-refractivity contribution in [1.29, 1.82) is 0 Å². The van der Waals surface area contributed by atoms with Gasteiger partial charge in [0.05, 0.1) is 24.5 Å². The van der Waals surface area contributed by atoms with Crippen molar-refractivity contribution in [3.63, 3.8) is 0 Å². The van der Waals surface area contributed by atoms with E-state index in [1.165, 1.54) is 16.5 Å². The molecule has 0 aliphatic rings. The Balaban J connectivity index is 1.50. The molecule has 154 valence electrons. The summed E-state index contributed by atoms with van der Waals surface area (Å²) in [6.07, 6.45) is 2.34. The number of aliphatic hydroxyl groups is 1. The summed E-state index contributed by atoms with van der Waals surface area (Å²) in [6.45, 7) is 3.35. The fraction of sp³-hybridized carbons (Fsp3) is 0.261. The molecule has 1 unspecified atom stereocenters. The van der Waals surface area contributed by atoms with Gasteiger partial charge >= 0.3 is 0 Å². The largest absolute Gasteiger partial charge is 0.390 e. The Kier molecular flexibility index (Phi) is 5.74. The van der Waals surface area contributed by atoms with Crippen molar-refractivity contribution in [3.05, 3.63) is 88.6 Å². The van der Waals surface area contributed by atoms with E-state index in [0.29, 0.717) is 17.6 Å². The van der Waals surface area contributed by atoms with Gasteiger partial charge < -0.3 is 5.11 Å². The van der Waals surface area contributed by atoms with Crippen molar-refractivity contribution in [2.75, 3.05) is 13.6 Å². The number of likely N-dealkylation sites (N-methyl/N-ethyl adjacent to an activating group) is 1. The number of aryl methyl sites for hydroxylation is 1. The van der Waals surface area contributed by atoms with Gasteiger partial charge in [-0.15, -0.1) is 0 Å². The second kappa shape index (κ2) is 8.61. The molecule has 0 saturated carbocycles. The van der Waals surface area contributed by atoms with Crippen LogP contribution in [0, 0.1) is 6.92 Å². The molecule has 2 heterocycles. The highest BCUT2D eigenvalue weighted by Crippen LogP contribution is 2.17. The van der Waals surface area contributed by atoms with Crippen LogP contribution in [0.25, 0.3) is 16.7 Å². The first-order valence-corrected chi connectivity index (χ1v) is 9.92. The van der Waals surface area contributed by atoms with Crippen molar-refractivity contribution >= 4 is 11.0 Å². The van der Waals surface area contributed by atoms with Crippen molar-refractivity contribution < 1.29 is 5.11 Å². The second-order valence-electron chi connectivity index (χ2n) is 7.62. The molecule has 2 aromatic carbocycles. The Morgan fingerprint density at radius 1 is 1.10 bits per heavy atom. The highest BCUT2D eigenvalue weighted by Gasteiger charge is 2.15. The fourth-order valence-corrected chi connectivity index (χ4v) is 3.66. The number of rotatable bonds is 7. The number of fused-ring (bicyclic) bond motifs is 1. The van der Waals surface area contributed by atoms with Gasteiger partial charge in [0.15, 0.2) is 5.65 Å². The highest BCUT2D eigenvalue weighted by atomic mass is 16.3. The van der Waals surface area contributed by atoms with Crippen LogP contribution >= 0.6 is 0 Å². The summed E-state index contributed by atoms with van der Waals surface area (Å²) >= 11 is 0. The number of hydrogen-bond donors (Lipinski definition) is 1. The van der Waals surface area contributed by atoms with Crippen LogP contribution in [0.15, 0.2) is 71.9 Å². The van der Waals surface area contributed by atoms with E-state index in [-0.39, 0.29) is 12.1 Å². The van der Waals surface area contributed by atoms with Crippen molar-refractivity contribution in [3.8, 4) is 5.69 Å². The molecular formula is C23H25N5O2. The predicted molar refractivity (Wildman–Crippen MR) is 117 cm³/mol. The topological polar surface area (TPSA) is 76.2 Å². The van der Waals surface area contributed by atoms with E-state index in [1.54, 1.807) is 10.9 Å². The number of nitrogens with zero attached hydrogens (tertiary/aromatic N) is 5. The van der Waals surface area contributed by atoms with Gasteiger partial charge in [0.1, 0.15) is 11.7 Å². The maximum absolute atomic E-state index is 12.9. The summed E-state index contributed by atoms with van der Waals surface area (Å²) in [5, 5.41) is 15.3. The first-order valence-electron chi connectivity index (χ1n) is 9.92. The summed E-state index contributed by atoms with van der Waals surface area (Å²) in [5.41, 5.74) is 3.42. The molecule has 4 rings (SSSR count). The molecular weight excluding hydrogens is 378 g/mol.